The minimum Gasteiger partial charge on any atom is -0.338 e. The summed E-state index contributed by atoms with van der Waals surface area (Å²) in [6.45, 7) is 0. The van der Waals surface area contributed by atoms with E-state index in [1.54, 1.807) is 0 Å². The maximum Gasteiger partial charge on any atom is 0.138 e. The summed E-state index contributed by atoms with van der Waals surface area (Å²) in [7, 11) is 0. The van der Waals surface area contributed by atoms with E-state index in [0.717, 1.165) is 33.5 Å². The molecule has 2 aromatic carbocycles. The molecule has 0 saturated heterocycles. The van der Waals surface area contributed by atoms with Gasteiger partial charge in [0, 0.05) is 8.42 Å². The van der Waals surface area contributed by atoms with Crippen LogP contribution in [0, 0.1) is 0 Å². The molecule has 4 aromatic rings. The average Bonchev–Trinajstić information content (AvgIpc) is 3.04. The van der Waals surface area contributed by atoms with Gasteiger partial charge in [0.25, 0.3) is 0 Å². The monoisotopic (exact) mass is 239 g/mol. The third-order valence-electron chi connectivity index (χ3n) is 2.98. The number of aromatic nitrogens is 5. The van der Waals surface area contributed by atoms with E-state index in [1.807, 2.05) is 42.5 Å². The molecule has 0 spiro atoms. The molecule has 18 heavy (non-hydrogen) atoms. The van der Waals surface area contributed by atoms with E-state index in [9.17, 15) is 0 Å². The molecule has 4 rings (SSSR count). The molecule has 2 heterocycles. The number of nitrogens with one attached hydrogen (secondary N) is 2. The first-order valence-electron chi connectivity index (χ1n) is 5.66. The molecule has 5 nitrogen and oxygen atoms in total. The molecule has 0 aliphatic carbocycles. The van der Waals surface area contributed by atoms with Crippen molar-refractivity contribution in [1.29, 1.82) is 0 Å². The first kappa shape index (κ1) is 9.35. The Hall–Kier alpha value is -2.69. The van der Waals surface area contributed by atoms with Crippen molar-refractivity contribution in [3.05, 3.63) is 42.5 Å². The van der Waals surface area contributed by atoms with Crippen molar-refractivity contribution in [2.75, 3.05) is 0 Å². The van der Waals surface area contributed by atoms with Gasteiger partial charge in [-0.05, 0) is 30.3 Å². The van der Waals surface area contributed by atoms with Crippen LogP contribution in [0.1, 0.15) is 2.85 Å². The molecule has 0 aliphatic heterocycles. The summed E-state index contributed by atoms with van der Waals surface area (Å²) in [5.74, 6) is 0.848. The standard InChI is InChI=1S/C13H9N5.2H2/c1-2-4-10-9(3-1)14-13(15-10)8-5-6-11-12(7-8)17-18-16-11;;/h1-7H,(H,14,15)(H,16,17,18);2*1H. The Morgan fingerprint density at radius 3 is 2.72 bits per heavy atom. The van der Waals surface area contributed by atoms with Gasteiger partial charge < -0.3 is 4.98 Å². The normalized spacial score (nSPS) is 11.3. The van der Waals surface area contributed by atoms with Crippen LogP contribution < -0.4 is 0 Å². The highest BCUT2D eigenvalue weighted by Crippen LogP contribution is 2.22. The molecule has 0 atom stereocenters. The van der Waals surface area contributed by atoms with E-state index < -0.39 is 0 Å². The van der Waals surface area contributed by atoms with E-state index in [4.69, 9.17) is 0 Å². The van der Waals surface area contributed by atoms with Crippen molar-refractivity contribution in [1.82, 2.24) is 25.4 Å². The summed E-state index contributed by atoms with van der Waals surface area (Å²) in [6.07, 6.45) is 0. The molecule has 0 amide bonds. The van der Waals surface area contributed by atoms with Crippen molar-refractivity contribution >= 4 is 22.1 Å². The van der Waals surface area contributed by atoms with Gasteiger partial charge in [0.2, 0.25) is 0 Å². The molecule has 0 saturated carbocycles. The van der Waals surface area contributed by atoms with Crippen LogP contribution >= 0.6 is 0 Å². The zero-order valence-electron chi connectivity index (χ0n) is 9.38. The van der Waals surface area contributed by atoms with Gasteiger partial charge >= 0.3 is 0 Å². The van der Waals surface area contributed by atoms with Gasteiger partial charge in [-0.25, -0.2) is 4.98 Å². The lowest BCUT2D eigenvalue weighted by atomic mass is 10.2. The SMILES string of the molecule is [HH].[HH].c1ccc2[nH]c(-c3ccc4n[nH]nc4c3)nc2c1. The molecule has 0 bridgehead atoms. The lowest BCUT2D eigenvalue weighted by Crippen LogP contribution is -1.80. The topological polar surface area (TPSA) is 70.2 Å². The van der Waals surface area contributed by atoms with Gasteiger partial charge in [-0.2, -0.15) is 15.4 Å². The van der Waals surface area contributed by atoms with Gasteiger partial charge in [-0.3, -0.25) is 0 Å². The predicted octanol–water partition coefficient (Wildman–Crippen LogP) is 2.99. The third-order valence-corrected chi connectivity index (χ3v) is 2.98. The Balaban J connectivity index is 0.000000735. The third kappa shape index (κ3) is 1.31. The average molecular weight is 239 g/mol. The van der Waals surface area contributed by atoms with Crippen LogP contribution in [0.3, 0.4) is 0 Å². The largest absolute Gasteiger partial charge is 0.338 e. The molecule has 0 radical (unpaired) electrons. The lowest BCUT2D eigenvalue weighted by Gasteiger charge is -1.94. The number of fused-ring (bicyclic) bond motifs is 2. The number of hydrogen-bond donors (Lipinski definition) is 2. The fourth-order valence-electron chi connectivity index (χ4n) is 2.08. The molecule has 90 valence electrons. The number of hydrogen-bond acceptors (Lipinski definition) is 3. The van der Waals surface area contributed by atoms with Crippen LogP contribution in [0.25, 0.3) is 33.5 Å². The molecular weight excluding hydrogens is 226 g/mol. The number of imidazole rings is 1. The highest BCUT2D eigenvalue weighted by atomic mass is 15.3. The lowest BCUT2D eigenvalue weighted by molar-refractivity contribution is 0.959. The molecule has 5 heteroatoms. The summed E-state index contributed by atoms with van der Waals surface area (Å²) in [5.41, 5.74) is 4.70. The van der Waals surface area contributed by atoms with Crippen molar-refractivity contribution in [2.45, 2.75) is 0 Å². The Kier molecular flexibility index (Phi) is 1.77. The minimum atomic E-state index is 0. The molecule has 0 fully saturated rings. The van der Waals surface area contributed by atoms with E-state index in [2.05, 4.69) is 25.4 Å². The van der Waals surface area contributed by atoms with Crippen LogP contribution in [0.5, 0.6) is 0 Å². The van der Waals surface area contributed by atoms with Gasteiger partial charge in [0.15, 0.2) is 0 Å². The van der Waals surface area contributed by atoms with Crippen molar-refractivity contribution in [3.63, 3.8) is 0 Å². The van der Waals surface area contributed by atoms with Crippen LogP contribution in [-0.4, -0.2) is 25.4 Å². The molecule has 0 unspecified atom stereocenters. The quantitative estimate of drug-likeness (QED) is 0.536. The summed E-state index contributed by atoms with van der Waals surface area (Å²) >= 11 is 0. The first-order valence-corrected chi connectivity index (χ1v) is 5.66. The zero-order valence-corrected chi connectivity index (χ0v) is 9.38. The maximum absolute atomic E-state index is 4.56. The summed E-state index contributed by atoms with van der Waals surface area (Å²) in [5, 5.41) is 10.7. The summed E-state index contributed by atoms with van der Waals surface area (Å²) in [6, 6.07) is 13.9. The highest BCUT2D eigenvalue weighted by molar-refractivity contribution is 5.83. The second-order valence-electron chi connectivity index (χ2n) is 4.13. The number of aromatic amines is 2. The number of H-pyrrole nitrogens is 2. The van der Waals surface area contributed by atoms with Crippen LogP contribution in [0.15, 0.2) is 42.5 Å². The summed E-state index contributed by atoms with van der Waals surface area (Å²) in [4.78, 5) is 7.86. The Morgan fingerprint density at radius 2 is 1.78 bits per heavy atom. The number of para-hydroxylation sites is 2. The number of rotatable bonds is 1. The van der Waals surface area contributed by atoms with Gasteiger partial charge in [0.05, 0.1) is 11.0 Å². The number of nitrogens with zero attached hydrogens (tertiary/aromatic N) is 3. The van der Waals surface area contributed by atoms with Crippen LogP contribution in [0.4, 0.5) is 0 Å². The minimum absolute atomic E-state index is 0. The fraction of sp³-hybridized carbons (Fsp3) is 0. The summed E-state index contributed by atoms with van der Waals surface area (Å²) < 4.78 is 0. The van der Waals surface area contributed by atoms with E-state index >= 15 is 0 Å². The van der Waals surface area contributed by atoms with Gasteiger partial charge in [-0.1, -0.05) is 12.1 Å². The second kappa shape index (κ2) is 3.40. The van der Waals surface area contributed by atoms with Crippen LogP contribution in [0.2, 0.25) is 0 Å². The van der Waals surface area contributed by atoms with Gasteiger partial charge in [-0.15, -0.1) is 0 Å². The molecule has 2 aromatic heterocycles. The molecular formula is C13H13N5. The van der Waals surface area contributed by atoms with Gasteiger partial charge in [0.1, 0.15) is 16.9 Å². The molecule has 0 aliphatic rings. The Bertz CT molecular complexity index is 819. The van der Waals surface area contributed by atoms with Crippen LogP contribution in [-0.2, 0) is 0 Å². The fourth-order valence-corrected chi connectivity index (χ4v) is 2.08. The van der Waals surface area contributed by atoms with Crippen molar-refractivity contribution in [3.8, 4) is 11.4 Å². The van der Waals surface area contributed by atoms with E-state index in [0.29, 0.717) is 0 Å². The first-order chi connectivity index (χ1) is 8.90. The highest BCUT2D eigenvalue weighted by Gasteiger charge is 2.06. The molecule has 2 N–H and O–H groups in total. The van der Waals surface area contributed by atoms with E-state index in [1.165, 1.54) is 0 Å². The Labute approximate surface area is 105 Å². The predicted molar refractivity (Wildman–Crippen MR) is 73.2 cm³/mol. The smallest absolute Gasteiger partial charge is 0.138 e. The maximum atomic E-state index is 4.56. The zero-order chi connectivity index (χ0) is 11.9. The van der Waals surface area contributed by atoms with E-state index in [-0.39, 0.29) is 2.85 Å². The van der Waals surface area contributed by atoms with Crippen molar-refractivity contribution in [2.24, 2.45) is 0 Å². The second-order valence-corrected chi connectivity index (χ2v) is 4.13. The van der Waals surface area contributed by atoms with Crippen molar-refractivity contribution < 1.29 is 2.85 Å². The Morgan fingerprint density at radius 1 is 0.889 bits per heavy atom. The number of benzene rings is 2.